The number of nitrogens with zero attached hydrogens (tertiary/aromatic N) is 1. The molecular formula is C31H36Cl2N2O2. The van der Waals surface area contributed by atoms with Crippen LogP contribution in [0.1, 0.15) is 61.8 Å². The Balaban J connectivity index is 1.91. The van der Waals surface area contributed by atoms with E-state index in [9.17, 15) is 9.59 Å². The maximum atomic E-state index is 13.8. The third-order valence-electron chi connectivity index (χ3n) is 6.48. The summed E-state index contributed by atoms with van der Waals surface area (Å²) >= 11 is 13.0. The van der Waals surface area contributed by atoms with Gasteiger partial charge in [0.2, 0.25) is 11.8 Å². The van der Waals surface area contributed by atoms with Gasteiger partial charge in [-0.2, -0.15) is 0 Å². The largest absolute Gasteiger partial charge is 0.354 e. The quantitative estimate of drug-likeness (QED) is 0.264. The molecule has 0 fully saturated rings. The molecule has 0 aliphatic heterocycles. The van der Waals surface area contributed by atoms with Crippen molar-refractivity contribution in [1.82, 2.24) is 10.2 Å². The van der Waals surface area contributed by atoms with E-state index < -0.39 is 6.04 Å². The van der Waals surface area contributed by atoms with Gasteiger partial charge in [-0.3, -0.25) is 9.59 Å². The van der Waals surface area contributed by atoms with E-state index in [1.165, 1.54) is 5.56 Å². The van der Waals surface area contributed by atoms with E-state index in [4.69, 9.17) is 23.2 Å². The molecule has 0 aromatic heterocycles. The molecule has 0 radical (unpaired) electrons. The summed E-state index contributed by atoms with van der Waals surface area (Å²) in [5.74, 6) is 0.159. The Kier molecular flexibility index (Phi) is 11.0. The van der Waals surface area contributed by atoms with Crippen LogP contribution >= 0.6 is 23.2 Å². The summed E-state index contributed by atoms with van der Waals surface area (Å²) in [7, 11) is 0. The molecule has 1 N–H and O–H groups in total. The van der Waals surface area contributed by atoms with Crippen LogP contribution in [0.2, 0.25) is 10.0 Å². The van der Waals surface area contributed by atoms with Gasteiger partial charge in [-0.15, -0.1) is 0 Å². The molecule has 0 heterocycles. The van der Waals surface area contributed by atoms with Crippen molar-refractivity contribution in [2.24, 2.45) is 0 Å². The lowest BCUT2D eigenvalue weighted by Gasteiger charge is -2.32. The fourth-order valence-electron chi connectivity index (χ4n) is 4.24. The molecular weight excluding hydrogens is 503 g/mol. The molecule has 1 unspecified atom stereocenters. The molecule has 0 aliphatic rings. The lowest BCUT2D eigenvalue weighted by atomic mass is 9.99. The van der Waals surface area contributed by atoms with Crippen LogP contribution < -0.4 is 5.32 Å². The Hall–Kier alpha value is -2.82. The number of aryl methyl sites for hydroxylation is 1. The third kappa shape index (κ3) is 8.34. The Morgan fingerprint density at radius 3 is 2.11 bits per heavy atom. The second kappa shape index (κ2) is 14.2. The third-order valence-corrected chi connectivity index (χ3v) is 7.19. The summed E-state index contributed by atoms with van der Waals surface area (Å²) in [4.78, 5) is 28.9. The van der Waals surface area contributed by atoms with Crippen LogP contribution in [0.5, 0.6) is 0 Å². The van der Waals surface area contributed by atoms with Gasteiger partial charge in [0.05, 0.1) is 0 Å². The van der Waals surface area contributed by atoms with Crippen LogP contribution in [0.15, 0.2) is 72.8 Å². The number of amides is 2. The van der Waals surface area contributed by atoms with Crippen molar-refractivity contribution >= 4 is 35.0 Å². The molecule has 4 nitrogen and oxygen atoms in total. The van der Waals surface area contributed by atoms with E-state index in [1.807, 2.05) is 37.3 Å². The van der Waals surface area contributed by atoms with Gasteiger partial charge in [0.15, 0.2) is 0 Å². The van der Waals surface area contributed by atoms with Crippen molar-refractivity contribution in [3.05, 3.63) is 105 Å². The van der Waals surface area contributed by atoms with Gasteiger partial charge in [-0.25, -0.2) is 0 Å². The van der Waals surface area contributed by atoms with E-state index in [1.54, 1.807) is 23.1 Å². The average molecular weight is 540 g/mol. The summed E-state index contributed by atoms with van der Waals surface area (Å²) in [6, 6.07) is 22.7. The fourth-order valence-corrected chi connectivity index (χ4v) is 4.75. The first-order valence-corrected chi connectivity index (χ1v) is 13.7. The number of benzene rings is 3. The minimum absolute atomic E-state index is 0.114. The Morgan fingerprint density at radius 1 is 0.865 bits per heavy atom. The lowest BCUT2D eigenvalue weighted by Crippen LogP contribution is -2.50. The fraction of sp³-hybridized carbons (Fsp3) is 0.355. The SMILES string of the molecule is CCCNC(=O)C(Cc1ccccc1)N(Cc1c(Cl)cccc1Cl)C(=O)CCc1ccc(C(C)C)cc1. The molecule has 2 amide bonds. The summed E-state index contributed by atoms with van der Waals surface area (Å²) in [5, 5.41) is 3.94. The molecule has 0 saturated carbocycles. The molecule has 3 aromatic rings. The van der Waals surface area contributed by atoms with Crippen molar-refractivity contribution in [2.45, 2.75) is 65.0 Å². The molecule has 1 atom stereocenters. The highest BCUT2D eigenvalue weighted by Gasteiger charge is 2.31. The van der Waals surface area contributed by atoms with Gasteiger partial charge < -0.3 is 10.2 Å². The number of hydrogen-bond acceptors (Lipinski definition) is 2. The van der Waals surface area contributed by atoms with Crippen molar-refractivity contribution < 1.29 is 9.59 Å². The van der Waals surface area contributed by atoms with E-state index in [0.29, 0.717) is 40.9 Å². The van der Waals surface area contributed by atoms with Crippen LogP contribution in [0.3, 0.4) is 0 Å². The number of carbonyl (C=O) groups excluding carboxylic acids is 2. The highest BCUT2D eigenvalue weighted by atomic mass is 35.5. The van der Waals surface area contributed by atoms with Gasteiger partial charge in [0, 0.05) is 41.5 Å². The maximum absolute atomic E-state index is 13.8. The number of carbonyl (C=O) groups is 2. The summed E-state index contributed by atoms with van der Waals surface area (Å²) < 4.78 is 0. The summed E-state index contributed by atoms with van der Waals surface area (Å²) in [5.41, 5.74) is 3.97. The number of nitrogens with one attached hydrogen (secondary N) is 1. The highest BCUT2D eigenvalue weighted by molar-refractivity contribution is 6.36. The number of halogens is 2. The predicted octanol–water partition coefficient (Wildman–Crippen LogP) is 7.22. The van der Waals surface area contributed by atoms with Gasteiger partial charge in [0.1, 0.15) is 6.04 Å². The average Bonchev–Trinajstić information content (AvgIpc) is 2.90. The Bertz CT molecular complexity index is 1140. The van der Waals surface area contributed by atoms with Crippen molar-refractivity contribution in [3.63, 3.8) is 0 Å². The van der Waals surface area contributed by atoms with Crippen molar-refractivity contribution in [3.8, 4) is 0 Å². The first-order chi connectivity index (χ1) is 17.8. The topological polar surface area (TPSA) is 49.4 Å². The zero-order valence-corrected chi connectivity index (χ0v) is 23.4. The molecule has 6 heteroatoms. The molecule has 0 bridgehead atoms. The first kappa shape index (κ1) is 28.7. The minimum atomic E-state index is -0.697. The molecule has 3 rings (SSSR count). The van der Waals surface area contributed by atoms with Crippen molar-refractivity contribution in [2.75, 3.05) is 6.54 Å². The second-order valence-electron chi connectivity index (χ2n) is 9.61. The Labute approximate surface area is 231 Å². The van der Waals surface area contributed by atoms with Crippen LogP contribution in [0, 0.1) is 0 Å². The van der Waals surface area contributed by atoms with Crippen LogP contribution in [-0.4, -0.2) is 29.3 Å². The van der Waals surface area contributed by atoms with Crippen LogP contribution in [0.25, 0.3) is 0 Å². The van der Waals surface area contributed by atoms with E-state index in [2.05, 4.69) is 43.4 Å². The van der Waals surface area contributed by atoms with Gasteiger partial charge in [-0.05, 0) is 47.6 Å². The maximum Gasteiger partial charge on any atom is 0.243 e. The lowest BCUT2D eigenvalue weighted by molar-refractivity contribution is -0.141. The number of rotatable bonds is 12. The van der Waals surface area contributed by atoms with Gasteiger partial charge >= 0.3 is 0 Å². The zero-order chi connectivity index (χ0) is 26.8. The standard InChI is InChI=1S/C31H36Cl2N2O2/c1-4-19-34-31(37)29(20-24-9-6-5-7-10-24)35(21-26-27(32)11-8-12-28(26)33)30(36)18-15-23-13-16-25(17-14-23)22(2)3/h5-14,16-17,22,29H,4,15,18-21H2,1-3H3,(H,34,37). The molecule has 0 saturated heterocycles. The number of hydrogen-bond donors (Lipinski definition) is 1. The van der Waals surface area contributed by atoms with Gasteiger partial charge in [0.25, 0.3) is 0 Å². The smallest absolute Gasteiger partial charge is 0.243 e. The predicted molar refractivity (Wildman–Crippen MR) is 153 cm³/mol. The van der Waals surface area contributed by atoms with E-state index >= 15 is 0 Å². The molecule has 37 heavy (non-hydrogen) atoms. The van der Waals surface area contributed by atoms with Crippen molar-refractivity contribution in [1.29, 1.82) is 0 Å². The monoisotopic (exact) mass is 538 g/mol. The zero-order valence-electron chi connectivity index (χ0n) is 21.8. The molecule has 3 aromatic carbocycles. The molecule has 0 aliphatic carbocycles. The highest BCUT2D eigenvalue weighted by Crippen LogP contribution is 2.28. The van der Waals surface area contributed by atoms with Crippen LogP contribution in [0.4, 0.5) is 0 Å². The summed E-state index contributed by atoms with van der Waals surface area (Å²) in [6.45, 7) is 7.02. The summed E-state index contributed by atoms with van der Waals surface area (Å²) in [6.07, 6.45) is 2.06. The minimum Gasteiger partial charge on any atom is -0.354 e. The van der Waals surface area contributed by atoms with Crippen LogP contribution in [-0.2, 0) is 29.0 Å². The van der Waals surface area contributed by atoms with E-state index in [-0.39, 0.29) is 24.8 Å². The molecule has 196 valence electrons. The Morgan fingerprint density at radius 2 is 1.51 bits per heavy atom. The first-order valence-electron chi connectivity index (χ1n) is 12.9. The normalized spacial score (nSPS) is 11.8. The molecule has 0 spiro atoms. The van der Waals surface area contributed by atoms with Gasteiger partial charge in [-0.1, -0.05) is 105 Å². The second-order valence-corrected chi connectivity index (χ2v) is 10.4. The van der Waals surface area contributed by atoms with E-state index in [0.717, 1.165) is 17.5 Å².